The number of fused-ring (bicyclic) bond motifs is 1. The summed E-state index contributed by atoms with van der Waals surface area (Å²) in [6.45, 7) is 10.4. The largest absolute Gasteiger partial charge is 0.496 e. The van der Waals surface area contributed by atoms with E-state index in [2.05, 4.69) is 79.4 Å². The minimum atomic E-state index is -0.0648. The lowest BCUT2D eigenvalue weighted by Crippen LogP contribution is -2.20. The van der Waals surface area contributed by atoms with Crippen molar-refractivity contribution < 1.29 is 4.74 Å². The maximum absolute atomic E-state index is 5.98. The zero-order valence-corrected chi connectivity index (χ0v) is 19.7. The molecular formula is C25H30N4OS. The molecule has 0 unspecified atom stereocenters. The molecule has 0 bridgehead atoms. The lowest BCUT2D eigenvalue weighted by Gasteiger charge is -2.28. The Morgan fingerprint density at radius 2 is 2.03 bits per heavy atom. The van der Waals surface area contributed by atoms with E-state index in [0.717, 1.165) is 46.2 Å². The van der Waals surface area contributed by atoms with Crippen molar-refractivity contribution in [3.63, 3.8) is 0 Å². The SMILES string of the molecule is CCCNc1nc2ccc(-c3cc(N4C=CC=NC4)cc(C(C)(C)C)c3OC)cc2s1. The van der Waals surface area contributed by atoms with Gasteiger partial charge in [-0.3, -0.25) is 4.99 Å². The van der Waals surface area contributed by atoms with Crippen LogP contribution in [0.1, 0.15) is 39.7 Å². The standard InChI is InChI=1S/C25H30N4OS/c1-6-10-27-24-28-21-9-8-17(13-22(21)31-24)19-14-18(29-12-7-11-26-16-29)15-20(23(19)30-5)25(2,3)4/h7-9,11-15H,6,10,16H2,1-5H3,(H,27,28). The summed E-state index contributed by atoms with van der Waals surface area (Å²) >= 11 is 1.70. The number of rotatable bonds is 6. The van der Waals surface area contributed by atoms with Gasteiger partial charge in [0.05, 0.1) is 17.3 Å². The molecule has 1 aliphatic heterocycles. The number of aliphatic imine (C=N–C) groups is 1. The molecule has 0 fully saturated rings. The molecule has 6 heteroatoms. The molecule has 1 aromatic heterocycles. The molecule has 0 amide bonds. The smallest absolute Gasteiger partial charge is 0.183 e. The monoisotopic (exact) mass is 434 g/mol. The fraction of sp³-hybridized carbons (Fsp3) is 0.360. The van der Waals surface area contributed by atoms with E-state index >= 15 is 0 Å². The maximum atomic E-state index is 5.98. The van der Waals surface area contributed by atoms with E-state index in [1.807, 2.05) is 12.3 Å². The Balaban J connectivity index is 1.85. The van der Waals surface area contributed by atoms with Crippen LogP contribution in [0.5, 0.6) is 5.75 Å². The average Bonchev–Trinajstić information content (AvgIpc) is 3.18. The summed E-state index contributed by atoms with van der Waals surface area (Å²) in [7, 11) is 1.76. The zero-order valence-electron chi connectivity index (χ0n) is 18.9. The molecule has 4 rings (SSSR count). The number of allylic oxidation sites excluding steroid dienone is 1. The lowest BCUT2D eigenvalue weighted by molar-refractivity contribution is 0.399. The van der Waals surface area contributed by atoms with Crippen LogP contribution in [0, 0.1) is 0 Å². The topological polar surface area (TPSA) is 49.8 Å². The summed E-state index contributed by atoms with van der Waals surface area (Å²) in [6.07, 6.45) is 6.96. The van der Waals surface area contributed by atoms with Gasteiger partial charge >= 0.3 is 0 Å². The molecule has 0 spiro atoms. The minimum absolute atomic E-state index is 0.0648. The molecule has 0 saturated heterocycles. The highest BCUT2D eigenvalue weighted by Gasteiger charge is 2.24. The molecule has 2 heterocycles. The highest BCUT2D eigenvalue weighted by molar-refractivity contribution is 7.22. The van der Waals surface area contributed by atoms with Crippen molar-refractivity contribution in [2.75, 3.05) is 30.5 Å². The van der Waals surface area contributed by atoms with Crippen LogP contribution >= 0.6 is 11.3 Å². The van der Waals surface area contributed by atoms with Crippen LogP contribution < -0.4 is 15.0 Å². The summed E-state index contributed by atoms with van der Waals surface area (Å²) in [5.74, 6) is 0.925. The Morgan fingerprint density at radius 1 is 1.19 bits per heavy atom. The van der Waals surface area contributed by atoms with Crippen LogP contribution in [0.4, 0.5) is 10.8 Å². The Labute approximate surface area is 188 Å². The summed E-state index contributed by atoms with van der Waals surface area (Å²) in [5, 5.41) is 4.38. The Hall–Kier alpha value is -2.86. The van der Waals surface area contributed by atoms with Gasteiger partial charge in [0, 0.05) is 35.8 Å². The molecule has 0 saturated carbocycles. The summed E-state index contributed by atoms with van der Waals surface area (Å²) in [4.78, 5) is 11.3. The summed E-state index contributed by atoms with van der Waals surface area (Å²) in [5.41, 5.74) is 5.47. The van der Waals surface area contributed by atoms with Gasteiger partial charge in [-0.15, -0.1) is 0 Å². The summed E-state index contributed by atoms with van der Waals surface area (Å²) < 4.78 is 7.15. The van der Waals surface area contributed by atoms with Crippen molar-refractivity contribution >= 4 is 38.6 Å². The molecule has 5 nitrogen and oxygen atoms in total. The van der Waals surface area contributed by atoms with Gasteiger partial charge in [-0.2, -0.15) is 0 Å². The average molecular weight is 435 g/mol. The normalized spacial score (nSPS) is 13.8. The van der Waals surface area contributed by atoms with E-state index in [0.29, 0.717) is 6.67 Å². The molecule has 31 heavy (non-hydrogen) atoms. The van der Waals surface area contributed by atoms with Gasteiger partial charge in [0.1, 0.15) is 12.4 Å². The third kappa shape index (κ3) is 4.44. The maximum Gasteiger partial charge on any atom is 0.183 e. The molecule has 162 valence electrons. The van der Waals surface area contributed by atoms with Gasteiger partial charge in [-0.05, 0) is 47.7 Å². The number of thiazole rings is 1. The van der Waals surface area contributed by atoms with Crippen molar-refractivity contribution in [3.05, 3.63) is 48.2 Å². The predicted octanol–water partition coefficient (Wildman–Crippen LogP) is 6.45. The molecule has 0 aliphatic carbocycles. The van der Waals surface area contributed by atoms with E-state index in [1.165, 1.54) is 10.3 Å². The first kappa shape index (κ1) is 21.4. The van der Waals surface area contributed by atoms with Gasteiger partial charge in [0.25, 0.3) is 0 Å². The van der Waals surface area contributed by atoms with E-state index in [4.69, 9.17) is 9.72 Å². The lowest BCUT2D eigenvalue weighted by atomic mass is 9.83. The first-order valence-electron chi connectivity index (χ1n) is 10.7. The Kier molecular flexibility index (Phi) is 6.01. The fourth-order valence-corrected chi connectivity index (χ4v) is 4.65. The quantitative estimate of drug-likeness (QED) is 0.484. The number of benzene rings is 2. The number of anilines is 2. The molecule has 1 aliphatic rings. The van der Waals surface area contributed by atoms with Gasteiger partial charge in [0.15, 0.2) is 5.13 Å². The molecule has 2 aromatic carbocycles. The van der Waals surface area contributed by atoms with Crippen molar-refractivity contribution in [2.24, 2.45) is 4.99 Å². The van der Waals surface area contributed by atoms with Crippen molar-refractivity contribution in [2.45, 2.75) is 39.5 Å². The Bertz CT molecular complexity index is 1140. The van der Waals surface area contributed by atoms with Crippen LogP contribution in [-0.2, 0) is 5.41 Å². The Morgan fingerprint density at radius 3 is 2.71 bits per heavy atom. The van der Waals surface area contributed by atoms with Crippen LogP contribution in [-0.4, -0.2) is 31.5 Å². The van der Waals surface area contributed by atoms with Crippen LogP contribution in [0.3, 0.4) is 0 Å². The minimum Gasteiger partial charge on any atom is -0.496 e. The second kappa shape index (κ2) is 8.71. The van der Waals surface area contributed by atoms with Crippen LogP contribution in [0.2, 0.25) is 0 Å². The third-order valence-corrected chi connectivity index (χ3v) is 6.31. The molecular weight excluding hydrogens is 404 g/mol. The number of hydrogen-bond acceptors (Lipinski definition) is 6. The van der Waals surface area contributed by atoms with E-state index in [9.17, 15) is 0 Å². The van der Waals surface area contributed by atoms with Crippen molar-refractivity contribution in [3.8, 4) is 16.9 Å². The molecule has 1 N–H and O–H groups in total. The van der Waals surface area contributed by atoms with Crippen molar-refractivity contribution in [1.29, 1.82) is 0 Å². The first-order chi connectivity index (χ1) is 14.9. The number of hydrogen-bond donors (Lipinski definition) is 1. The van der Waals surface area contributed by atoms with Gasteiger partial charge < -0.3 is 15.0 Å². The molecule has 3 aromatic rings. The van der Waals surface area contributed by atoms with Crippen molar-refractivity contribution in [1.82, 2.24) is 4.98 Å². The van der Waals surface area contributed by atoms with E-state index in [1.54, 1.807) is 18.4 Å². The van der Waals surface area contributed by atoms with E-state index < -0.39 is 0 Å². The highest BCUT2D eigenvalue weighted by atomic mass is 32.1. The fourth-order valence-electron chi connectivity index (χ4n) is 3.72. The second-order valence-corrected chi connectivity index (χ2v) is 9.77. The van der Waals surface area contributed by atoms with Gasteiger partial charge in [0.2, 0.25) is 0 Å². The highest BCUT2D eigenvalue weighted by Crippen LogP contribution is 2.43. The number of aromatic nitrogens is 1. The number of nitrogens with zero attached hydrogens (tertiary/aromatic N) is 3. The predicted molar refractivity (Wildman–Crippen MR) is 134 cm³/mol. The van der Waals surface area contributed by atoms with Crippen LogP contribution in [0.15, 0.2) is 47.6 Å². The first-order valence-corrected chi connectivity index (χ1v) is 11.5. The van der Waals surface area contributed by atoms with E-state index in [-0.39, 0.29) is 5.41 Å². The molecule has 0 radical (unpaired) electrons. The third-order valence-electron chi connectivity index (χ3n) is 5.33. The number of ether oxygens (including phenoxy) is 1. The zero-order chi connectivity index (χ0) is 22.0. The van der Waals surface area contributed by atoms with Crippen LogP contribution in [0.25, 0.3) is 21.3 Å². The molecule has 0 atom stereocenters. The van der Waals surface area contributed by atoms with Gasteiger partial charge in [-0.1, -0.05) is 45.1 Å². The number of methoxy groups -OCH3 is 1. The second-order valence-electron chi connectivity index (χ2n) is 8.74. The number of nitrogens with one attached hydrogen (secondary N) is 1. The summed E-state index contributed by atoms with van der Waals surface area (Å²) in [6, 6.07) is 10.9. The van der Waals surface area contributed by atoms with Gasteiger partial charge in [-0.25, -0.2) is 4.98 Å².